The van der Waals surface area contributed by atoms with Gasteiger partial charge in [-0.1, -0.05) is 19.1 Å². The third kappa shape index (κ3) is 3.47. The molecule has 7 rings (SSSR count). The van der Waals surface area contributed by atoms with Crippen LogP contribution in [0.1, 0.15) is 49.9 Å². The molecular weight excluding hydrogens is 568 g/mol. The van der Waals surface area contributed by atoms with Crippen LogP contribution in [-0.4, -0.2) is 115 Å². The fourth-order valence-corrected chi connectivity index (χ4v) is 12.0. The number of fused-ring (bicyclic) bond motifs is 2. The minimum atomic E-state index is -1.73. The van der Waals surface area contributed by atoms with Crippen LogP contribution >= 0.6 is 0 Å². The molecule has 1 aromatic rings. The Kier molecular flexibility index (Phi) is 7.07. The number of ether oxygens (including phenoxy) is 4. The zero-order chi connectivity index (χ0) is 31.4. The second-order valence-electron chi connectivity index (χ2n) is 14.3. The molecule has 242 valence electrons. The summed E-state index contributed by atoms with van der Waals surface area (Å²) in [4.78, 5) is 27.7. The van der Waals surface area contributed by atoms with Crippen molar-refractivity contribution in [2.45, 2.75) is 81.2 Å². The number of benzene rings is 1. The van der Waals surface area contributed by atoms with Crippen molar-refractivity contribution in [3.63, 3.8) is 0 Å². The van der Waals surface area contributed by atoms with Gasteiger partial charge in [-0.2, -0.15) is 0 Å². The lowest BCUT2D eigenvalue weighted by molar-refractivity contribution is -0.318. The van der Waals surface area contributed by atoms with Crippen molar-refractivity contribution in [1.82, 2.24) is 4.90 Å². The van der Waals surface area contributed by atoms with Crippen LogP contribution in [0, 0.1) is 34.5 Å². The number of anilines is 1. The monoisotopic (exact) mass is 614 g/mol. The molecule has 1 aliphatic heterocycles. The highest BCUT2D eigenvalue weighted by atomic mass is 16.5. The first-order valence-corrected chi connectivity index (χ1v) is 16.0. The van der Waals surface area contributed by atoms with Crippen LogP contribution in [-0.2, 0) is 23.7 Å². The van der Waals surface area contributed by atoms with E-state index in [0.717, 1.165) is 0 Å². The van der Waals surface area contributed by atoms with Gasteiger partial charge < -0.3 is 39.6 Å². The van der Waals surface area contributed by atoms with E-state index in [1.54, 1.807) is 45.6 Å². The number of likely N-dealkylation sites (tertiary alicyclic amines) is 1. The summed E-state index contributed by atoms with van der Waals surface area (Å²) in [5.41, 5.74) is -4.04. The summed E-state index contributed by atoms with van der Waals surface area (Å²) in [6.07, 6.45) is -0.0977. The predicted octanol–water partition coefficient (Wildman–Crippen LogP) is 1.44. The first-order valence-electron chi connectivity index (χ1n) is 16.0. The van der Waals surface area contributed by atoms with E-state index < -0.39 is 58.3 Å². The second kappa shape index (κ2) is 10.2. The molecule has 5 saturated carbocycles. The fourth-order valence-electron chi connectivity index (χ4n) is 12.0. The van der Waals surface area contributed by atoms with E-state index in [-0.39, 0.29) is 48.4 Å². The van der Waals surface area contributed by atoms with Crippen molar-refractivity contribution >= 4 is 17.6 Å². The molecular formula is C33H46N2O9. The molecule has 1 spiro atoms. The standard InChI is InChI=1S/C33H46N2O9/c1-6-35-15-30(16-44-28(38)18-9-7-8-10-21(18)34-17(2)36)12-11-23(42-4)32-20-13-19-22(41-3)14-31(39,24(20)25(19)37)33(40,29(32)35)27(43-5)26(30)32/h7-10,19-20,22-27,29,37,39-40H,6,11-16H2,1-5H3,(H,34,36)/t19-,20-,22+,23-,24-,25+,26-,27+,29+,30+,31-,32+,33-/m1/s1. The predicted molar refractivity (Wildman–Crippen MR) is 158 cm³/mol. The molecule has 0 radical (unpaired) electrons. The number of rotatable bonds is 8. The summed E-state index contributed by atoms with van der Waals surface area (Å²) in [6, 6.07) is 6.30. The summed E-state index contributed by atoms with van der Waals surface area (Å²) in [5, 5.41) is 40.6. The Hall–Kier alpha value is -2.12. The Labute approximate surface area is 258 Å². The molecule has 1 heterocycles. The maximum atomic E-state index is 13.6. The Morgan fingerprint density at radius 2 is 1.86 bits per heavy atom. The smallest absolute Gasteiger partial charge is 0.340 e. The number of esters is 1. The molecule has 1 saturated heterocycles. The van der Waals surface area contributed by atoms with Gasteiger partial charge in [-0.25, -0.2) is 4.79 Å². The van der Waals surface area contributed by atoms with Crippen LogP contribution < -0.4 is 5.32 Å². The highest BCUT2D eigenvalue weighted by Gasteiger charge is 2.91. The van der Waals surface area contributed by atoms with E-state index in [4.69, 9.17) is 18.9 Å². The highest BCUT2D eigenvalue weighted by Crippen LogP contribution is 2.80. The Morgan fingerprint density at radius 3 is 2.52 bits per heavy atom. The van der Waals surface area contributed by atoms with E-state index >= 15 is 0 Å². The van der Waals surface area contributed by atoms with Gasteiger partial charge >= 0.3 is 5.97 Å². The van der Waals surface area contributed by atoms with Gasteiger partial charge in [-0.05, 0) is 43.9 Å². The van der Waals surface area contributed by atoms with Gasteiger partial charge in [0.2, 0.25) is 5.91 Å². The number of likely N-dealkylation sites (N-methyl/N-ethyl adjacent to an activating group) is 1. The third-order valence-corrected chi connectivity index (χ3v) is 13.0. The van der Waals surface area contributed by atoms with Crippen LogP contribution in [0.4, 0.5) is 5.69 Å². The van der Waals surface area contributed by atoms with Gasteiger partial charge in [0.05, 0.1) is 48.3 Å². The van der Waals surface area contributed by atoms with Crippen LogP contribution in [0.15, 0.2) is 24.3 Å². The van der Waals surface area contributed by atoms with Crippen LogP contribution in [0.3, 0.4) is 0 Å². The Balaban J connectivity index is 1.36. The average Bonchev–Trinajstić information content (AvgIpc) is 3.37. The van der Waals surface area contributed by atoms with E-state index in [1.807, 2.05) is 0 Å². The van der Waals surface area contributed by atoms with Gasteiger partial charge in [-0.3, -0.25) is 9.69 Å². The number of methoxy groups -OCH3 is 3. The van der Waals surface area contributed by atoms with Crippen LogP contribution in [0.5, 0.6) is 0 Å². The number of amides is 1. The molecule has 13 atom stereocenters. The van der Waals surface area contributed by atoms with Gasteiger partial charge in [0.1, 0.15) is 11.2 Å². The molecule has 5 aliphatic carbocycles. The molecule has 4 N–H and O–H groups in total. The first-order chi connectivity index (χ1) is 21.0. The third-order valence-electron chi connectivity index (χ3n) is 13.0. The van der Waals surface area contributed by atoms with Crippen molar-refractivity contribution in [2.75, 3.05) is 46.3 Å². The lowest BCUT2D eigenvalue weighted by Gasteiger charge is -2.70. The van der Waals surface area contributed by atoms with Gasteiger partial charge in [0.15, 0.2) is 0 Å². The van der Waals surface area contributed by atoms with E-state index in [1.165, 1.54) is 6.92 Å². The quantitative estimate of drug-likeness (QED) is 0.317. The number of para-hydroxylation sites is 1. The molecule has 0 aromatic heterocycles. The maximum Gasteiger partial charge on any atom is 0.340 e. The minimum Gasteiger partial charge on any atom is -0.461 e. The van der Waals surface area contributed by atoms with Crippen LogP contribution in [0.2, 0.25) is 0 Å². The van der Waals surface area contributed by atoms with Crippen molar-refractivity contribution in [3.8, 4) is 0 Å². The van der Waals surface area contributed by atoms with Crippen molar-refractivity contribution in [2.24, 2.45) is 34.5 Å². The Morgan fingerprint density at radius 1 is 1.11 bits per heavy atom. The van der Waals surface area contributed by atoms with E-state index in [9.17, 15) is 24.9 Å². The zero-order valence-electron chi connectivity index (χ0n) is 26.2. The molecule has 11 heteroatoms. The summed E-state index contributed by atoms with van der Waals surface area (Å²) in [6.45, 7) is 4.67. The summed E-state index contributed by atoms with van der Waals surface area (Å²) < 4.78 is 24.7. The normalized spacial score (nSPS) is 48.2. The molecule has 0 unspecified atom stereocenters. The van der Waals surface area contributed by atoms with Gasteiger partial charge in [0, 0.05) is 69.8 Å². The van der Waals surface area contributed by atoms with Gasteiger partial charge in [-0.15, -0.1) is 0 Å². The molecule has 1 aromatic carbocycles. The molecule has 1 amide bonds. The number of piperidine rings is 1. The number of nitrogens with zero attached hydrogens (tertiary/aromatic N) is 1. The minimum absolute atomic E-state index is 0.0742. The lowest BCUT2D eigenvalue weighted by atomic mass is 9.42. The Bertz CT molecular complexity index is 1340. The van der Waals surface area contributed by atoms with Crippen molar-refractivity contribution < 1.29 is 43.9 Å². The molecule has 6 fully saturated rings. The highest BCUT2D eigenvalue weighted by molar-refractivity contribution is 6.00. The maximum absolute atomic E-state index is 13.6. The molecule has 44 heavy (non-hydrogen) atoms. The number of aliphatic hydroxyl groups is 3. The summed E-state index contributed by atoms with van der Waals surface area (Å²) >= 11 is 0. The fraction of sp³-hybridized carbons (Fsp3) is 0.758. The molecule has 7 bridgehead atoms. The lowest BCUT2D eigenvalue weighted by Crippen LogP contribution is -2.82. The SMILES string of the molecule is CCN1C[C@]2(COC(=O)c3ccccc3NC(C)=O)CC[C@@H](OC)[C@@]34[C@@H]5C[C@H]6[C@H](O)[C@@H]5[C@](O)(C[C@@H]6OC)[C@@](O)([C@@H](OC)[C@H]23)[C@@H]14. The number of hydrogen-bond donors (Lipinski definition) is 4. The number of nitrogens with one attached hydrogen (secondary N) is 1. The van der Waals surface area contributed by atoms with E-state index in [0.29, 0.717) is 38.0 Å². The topological polar surface area (TPSA) is 147 Å². The van der Waals surface area contributed by atoms with Crippen molar-refractivity contribution in [3.05, 3.63) is 29.8 Å². The van der Waals surface area contributed by atoms with Crippen LogP contribution in [0.25, 0.3) is 0 Å². The molecule has 6 aliphatic rings. The van der Waals surface area contributed by atoms with Gasteiger partial charge in [0.25, 0.3) is 0 Å². The summed E-state index contributed by atoms with van der Waals surface area (Å²) in [5.74, 6) is -2.05. The number of aliphatic hydroxyl groups excluding tert-OH is 1. The van der Waals surface area contributed by atoms with Crippen molar-refractivity contribution in [1.29, 1.82) is 0 Å². The largest absolute Gasteiger partial charge is 0.461 e. The number of carbonyl (C=O) groups is 2. The zero-order valence-corrected chi connectivity index (χ0v) is 26.2. The molecule has 11 nitrogen and oxygen atoms in total. The number of hydrogen-bond acceptors (Lipinski definition) is 10. The first kappa shape index (κ1) is 30.5. The second-order valence-corrected chi connectivity index (χ2v) is 14.3. The average molecular weight is 615 g/mol. The number of carbonyl (C=O) groups excluding carboxylic acids is 2. The van der Waals surface area contributed by atoms with E-state index in [2.05, 4.69) is 17.1 Å². The summed E-state index contributed by atoms with van der Waals surface area (Å²) in [7, 11) is 4.91.